The van der Waals surface area contributed by atoms with Gasteiger partial charge in [-0.15, -0.1) is 11.3 Å². The van der Waals surface area contributed by atoms with E-state index in [1.807, 2.05) is 50.4 Å². The fourth-order valence-corrected chi connectivity index (χ4v) is 2.63. The zero-order valence-corrected chi connectivity index (χ0v) is 15.7. The average Bonchev–Trinajstić information content (AvgIpc) is 2.93. The third-order valence-corrected chi connectivity index (χ3v) is 3.63. The Morgan fingerprint density at radius 3 is 2.92 bits per heavy atom. The molecule has 0 aliphatic heterocycles. The van der Waals surface area contributed by atoms with Crippen molar-refractivity contribution in [1.29, 1.82) is 0 Å². The number of carbonyl (C=O) groups excluding carboxylic acids is 1. The number of nitrogens with zero attached hydrogens (tertiary/aromatic N) is 2. The molecule has 0 unspecified atom stereocenters. The van der Waals surface area contributed by atoms with E-state index in [0.717, 1.165) is 11.3 Å². The fraction of sp³-hybridized carbons (Fsp3) is 0.389. The summed E-state index contributed by atoms with van der Waals surface area (Å²) in [4.78, 5) is 15.7. The van der Waals surface area contributed by atoms with Gasteiger partial charge >= 0.3 is 5.97 Å². The van der Waals surface area contributed by atoms with Crippen molar-refractivity contribution < 1.29 is 14.3 Å². The van der Waals surface area contributed by atoms with E-state index in [9.17, 15) is 4.79 Å². The second kappa shape index (κ2) is 8.62. The summed E-state index contributed by atoms with van der Waals surface area (Å²) in [6, 6.07) is 7.70. The molecule has 0 spiro atoms. The van der Waals surface area contributed by atoms with E-state index in [1.165, 1.54) is 11.3 Å². The van der Waals surface area contributed by atoms with Gasteiger partial charge in [-0.25, -0.2) is 4.98 Å². The molecule has 7 heteroatoms. The van der Waals surface area contributed by atoms with Crippen molar-refractivity contribution in [2.75, 3.05) is 12.0 Å². The number of carbonyl (C=O) groups is 1. The molecule has 1 heterocycles. The molecule has 1 N–H and O–H groups in total. The number of thiazole rings is 1. The number of aromatic nitrogens is 1. The Morgan fingerprint density at radius 1 is 1.40 bits per heavy atom. The number of hydrogen-bond donors (Lipinski definition) is 1. The number of esters is 1. The van der Waals surface area contributed by atoms with Crippen LogP contribution in [0.1, 0.15) is 39.0 Å². The summed E-state index contributed by atoms with van der Waals surface area (Å²) in [6.45, 7) is 8.17. The molecular formula is C18H23N3O3S. The number of anilines is 1. The molecule has 0 fully saturated rings. The van der Waals surface area contributed by atoms with E-state index >= 15 is 0 Å². The van der Waals surface area contributed by atoms with Crippen molar-refractivity contribution in [3.63, 3.8) is 0 Å². The molecule has 0 amide bonds. The van der Waals surface area contributed by atoms with Gasteiger partial charge in [0.05, 0.1) is 24.9 Å². The number of hydrogen-bond acceptors (Lipinski definition) is 7. The summed E-state index contributed by atoms with van der Waals surface area (Å²) in [5.74, 6) is 0.515. The molecule has 25 heavy (non-hydrogen) atoms. The summed E-state index contributed by atoms with van der Waals surface area (Å²) >= 11 is 1.39. The second-order valence-electron chi connectivity index (χ2n) is 6.28. The summed E-state index contributed by atoms with van der Waals surface area (Å²) < 4.78 is 10.7. The van der Waals surface area contributed by atoms with Crippen LogP contribution in [0, 0.1) is 0 Å². The van der Waals surface area contributed by atoms with Crippen molar-refractivity contribution in [3.05, 3.63) is 40.9 Å². The van der Waals surface area contributed by atoms with Gasteiger partial charge in [0.15, 0.2) is 0 Å². The lowest BCUT2D eigenvalue weighted by molar-refractivity contribution is -0.142. The minimum atomic E-state index is -0.279. The number of ether oxygens (including phenoxy) is 2. The second-order valence-corrected chi connectivity index (χ2v) is 7.14. The SMILES string of the molecule is CCOC(=O)Cc1csc(NN=Cc2cccc(OC(C)(C)C)c2)n1. The first kappa shape index (κ1) is 18.9. The first-order chi connectivity index (χ1) is 11.9. The summed E-state index contributed by atoms with van der Waals surface area (Å²) in [6.07, 6.45) is 1.86. The average molecular weight is 361 g/mol. The molecule has 0 atom stereocenters. The van der Waals surface area contributed by atoms with Crippen LogP contribution in [-0.2, 0) is 16.0 Å². The summed E-state index contributed by atoms with van der Waals surface area (Å²) in [7, 11) is 0. The molecule has 134 valence electrons. The molecule has 2 rings (SSSR count). The van der Waals surface area contributed by atoms with E-state index in [2.05, 4.69) is 15.5 Å². The van der Waals surface area contributed by atoms with E-state index in [-0.39, 0.29) is 18.0 Å². The Morgan fingerprint density at radius 2 is 2.20 bits per heavy atom. The van der Waals surface area contributed by atoms with Crippen LogP contribution in [-0.4, -0.2) is 29.4 Å². The van der Waals surface area contributed by atoms with Gasteiger partial charge in [0, 0.05) is 5.38 Å². The largest absolute Gasteiger partial charge is 0.488 e. The third-order valence-electron chi connectivity index (χ3n) is 2.84. The smallest absolute Gasteiger partial charge is 0.311 e. The van der Waals surface area contributed by atoms with Gasteiger partial charge in [0.25, 0.3) is 0 Å². The van der Waals surface area contributed by atoms with Crippen molar-refractivity contribution >= 4 is 28.7 Å². The lowest BCUT2D eigenvalue weighted by Gasteiger charge is -2.21. The van der Waals surface area contributed by atoms with Crippen molar-refractivity contribution in [2.45, 2.75) is 39.7 Å². The number of benzene rings is 1. The molecule has 1 aromatic carbocycles. The lowest BCUT2D eigenvalue weighted by atomic mass is 10.2. The van der Waals surface area contributed by atoms with Gasteiger partial charge < -0.3 is 9.47 Å². The zero-order valence-electron chi connectivity index (χ0n) is 14.9. The van der Waals surface area contributed by atoms with Crippen LogP contribution in [0.15, 0.2) is 34.7 Å². The minimum absolute atomic E-state index is 0.169. The molecule has 0 bridgehead atoms. The number of rotatable bonds is 7. The van der Waals surface area contributed by atoms with Crippen molar-refractivity contribution in [2.24, 2.45) is 5.10 Å². The molecule has 0 aliphatic rings. The minimum Gasteiger partial charge on any atom is -0.488 e. The Hall–Kier alpha value is -2.41. The molecule has 0 saturated heterocycles. The van der Waals surface area contributed by atoms with Gasteiger partial charge in [-0.3, -0.25) is 10.2 Å². The summed E-state index contributed by atoms with van der Waals surface area (Å²) in [5, 5.41) is 6.61. The van der Waals surface area contributed by atoms with Crippen molar-refractivity contribution in [3.8, 4) is 5.75 Å². The molecule has 0 aliphatic carbocycles. The van der Waals surface area contributed by atoms with E-state index < -0.39 is 0 Å². The highest BCUT2D eigenvalue weighted by molar-refractivity contribution is 7.13. The maximum Gasteiger partial charge on any atom is 0.311 e. The van der Waals surface area contributed by atoms with Crippen LogP contribution in [0.25, 0.3) is 0 Å². The Labute approximate surface area is 151 Å². The van der Waals surface area contributed by atoms with E-state index in [1.54, 1.807) is 13.1 Å². The van der Waals surface area contributed by atoms with Crippen LogP contribution in [0.5, 0.6) is 5.75 Å². The molecule has 0 radical (unpaired) electrons. The van der Waals surface area contributed by atoms with Gasteiger partial charge in [-0.05, 0) is 45.4 Å². The van der Waals surface area contributed by atoms with Crippen molar-refractivity contribution in [1.82, 2.24) is 4.98 Å². The quantitative estimate of drug-likeness (QED) is 0.460. The van der Waals surface area contributed by atoms with Crippen LogP contribution in [0.4, 0.5) is 5.13 Å². The lowest BCUT2D eigenvalue weighted by Crippen LogP contribution is -2.22. The standard InChI is InChI=1S/C18H23N3O3S/c1-5-23-16(22)10-14-12-25-17(20-14)21-19-11-13-7-6-8-15(9-13)24-18(2,3)4/h6-9,11-12H,5,10H2,1-4H3,(H,20,21). The van der Waals surface area contributed by atoms with E-state index in [0.29, 0.717) is 17.4 Å². The first-order valence-corrected chi connectivity index (χ1v) is 8.92. The first-order valence-electron chi connectivity index (χ1n) is 8.04. The topological polar surface area (TPSA) is 72.8 Å². The Kier molecular flexibility index (Phi) is 6.52. The van der Waals surface area contributed by atoms with Crippen LogP contribution >= 0.6 is 11.3 Å². The molecule has 0 saturated carbocycles. The predicted octanol–water partition coefficient (Wildman–Crippen LogP) is 3.87. The van der Waals surface area contributed by atoms with Gasteiger partial charge in [0.1, 0.15) is 11.4 Å². The maximum atomic E-state index is 11.4. The van der Waals surface area contributed by atoms with Crippen LogP contribution in [0.3, 0.4) is 0 Å². The predicted molar refractivity (Wildman–Crippen MR) is 100 cm³/mol. The monoisotopic (exact) mass is 361 g/mol. The highest BCUT2D eigenvalue weighted by atomic mass is 32.1. The summed E-state index contributed by atoms with van der Waals surface area (Å²) in [5.41, 5.74) is 4.21. The van der Waals surface area contributed by atoms with Crippen LogP contribution in [0.2, 0.25) is 0 Å². The Bertz CT molecular complexity index is 735. The molecular weight excluding hydrogens is 338 g/mol. The van der Waals surface area contributed by atoms with Gasteiger partial charge in [0.2, 0.25) is 5.13 Å². The number of nitrogens with one attached hydrogen (secondary N) is 1. The highest BCUT2D eigenvalue weighted by Gasteiger charge is 2.11. The molecule has 6 nitrogen and oxygen atoms in total. The molecule has 2 aromatic rings. The highest BCUT2D eigenvalue weighted by Crippen LogP contribution is 2.19. The molecule has 1 aromatic heterocycles. The Balaban J connectivity index is 1.92. The normalized spacial score (nSPS) is 11.5. The van der Waals surface area contributed by atoms with Gasteiger partial charge in [-0.1, -0.05) is 12.1 Å². The van der Waals surface area contributed by atoms with Gasteiger partial charge in [-0.2, -0.15) is 5.10 Å². The van der Waals surface area contributed by atoms with Crippen LogP contribution < -0.4 is 10.2 Å². The fourth-order valence-electron chi connectivity index (χ4n) is 1.97. The maximum absolute atomic E-state index is 11.4. The number of hydrazone groups is 1. The third kappa shape index (κ3) is 6.93. The van der Waals surface area contributed by atoms with E-state index in [4.69, 9.17) is 9.47 Å². The zero-order chi connectivity index (χ0) is 18.3.